The topological polar surface area (TPSA) is 26.5 Å². The fourth-order valence-electron chi connectivity index (χ4n) is 2.90. The molecule has 3 heteroatoms. The van der Waals surface area contributed by atoms with E-state index in [1.165, 1.54) is 18.4 Å². The lowest BCUT2D eigenvalue weighted by Gasteiger charge is -2.17. The van der Waals surface area contributed by atoms with Gasteiger partial charge in [0.05, 0.1) is 12.3 Å². The molecule has 1 aliphatic carbocycles. The summed E-state index contributed by atoms with van der Waals surface area (Å²) in [6, 6.07) is 14.7. The van der Waals surface area contributed by atoms with Crippen molar-refractivity contribution in [1.29, 1.82) is 0 Å². The highest BCUT2D eigenvalue weighted by molar-refractivity contribution is 5.54. The molecule has 2 aromatic heterocycles. The summed E-state index contributed by atoms with van der Waals surface area (Å²) < 4.78 is 8.15. The molecule has 0 unspecified atom stereocenters. The van der Waals surface area contributed by atoms with Crippen molar-refractivity contribution < 1.29 is 4.74 Å². The summed E-state index contributed by atoms with van der Waals surface area (Å²) in [6.07, 6.45) is 6.43. The van der Waals surface area contributed by atoms with E-state index in [1.54, 1.807) is 0 Å². The van der Waals surface area contributed by atoms with Crippen LogP contribution in [-0.2, 0) is 5.41 Å². The number of hydrogen-bond acceptors (Lipinski definition) is 2. The van der Waals surface area contributed by atoms with E-state index in [1.807, 2.05) is 35.9 Å². The fraction of sp³-hybridized carbons (Fsp3) is 0.278. The lowest BCUT2D eigenvalue weighted by molar-refractivity contribution is 0.279. The van der Waals surface area contributed by atoms with Gasteiger partial charge in [-0.05, 0) is 37.5 Å². The molecule has 4 rings (SSSR count). The Hall–Kier alpha value is -2.29. The highest BCUT2D eigenvalue weighted by Gasteiger charge is 2.45. The first-order valence-corrected chi connectivity index (χ1v) is 7.40. The minimum absolute atomic E-state index is 0.204. The molecule has 106 valence electrons. The average molecular weight is 278 g/mol. The Morgan fingerprint density at radius 1 is 1.14 bits per heavy atom. The summed E-state index contributed by atoms with van der Waals surface area (Å²) in [4.78, 5) is 4.54. The summed E-state index contributed by atoms with van der Waals surface area (Å²) in [5.41, 5.74) is 3.50. The Morgan fingerprint density at radius 2 is 1.95 bits per heavy atom. The number of ether oxygens (including phenoxy) is 1. The summed E-state index contributed by atoms with van der Waals surface area (Å²) >= 11 is 0. The Bertz CT molecular complexity index is 772. The van der Waals surface area contributed by atoms with Crippen molar-refractivity contribution in [3.63, 3.8) is 0 Å². The van der Waals surface area contributed by atoms with Gasteiger partial charge >= 0.3 is 0 Å². The molecule has 0 aliphatic heterocycles. The molecule has 0 bridgehead atoms. The second kappa shape index (κ2) is 4.62. The van der Waals surface area contributed by atoms with Crippen molar-refractivity contribution in [2.75, 3.05) is 6.61 Å². The first-order valence-electron chi connectivity index (χ1n) is 7.40. The van der Waals surface area contributed by atoms with Gasteiger partial charge in [0.15, 0.2) is 11.4 Å². The molecule has 1 aliphatic rings. The van der Waals surface area contributed by atoms with Gasteiger partial charge in [0, 0.05) is 17.8 Å². The van der Waals surface area contributed by atoms with Gasteiger partial charge in [-0.1, -0.05) is 30.3 Å². The molecule has 1 fully saturated rings. The molecule has 0 atom stereocenters. The largest absolute Gasteiger partial charge is 0.489 e. The van der Waals surface area contributed by atoms with Crippen LogP contribution >= 0.6 is 0 Å². The average Bonchev–Trinajstić information content (AvgIpc) is 3.20. The number of aryl methyl sites for hydroxylation is 1. The molecular weight excluding hydrogens is 260 g/mol. The van der Waals surface area contributed by atoms with Crippen molar-refractivity contribution in [3.05, 3.63) is 66.1 Å². The second-order valence-corrected chi connectivity index (χ2v) is 5.92. The molecule has 21 heavy (non-hydrogen) atoms. The van der Waals surface area contributed by atoms with Crippen LogP contribution in [0.4, 0.5) is 0 Å². The zero-order valence-electron chi connectivity index (χ0n) is 12.1. The standard InChI is InChI=1S/C18H18N2O/c1-14-12-20-11-5-8-16(17(20)19-14)21-13-18(9-10-18)15-6-3-2-4-7-15/h2-8,11-12H,9-10,13H2,1H3. The maximum atomic E-state index is 6.13. The fourth-order valence-corrected chi connectivity index (χ4v) is 2.90. The Kier molecular flexibility index (Phi) is 2.74. The normalized spacial score (nSPS) is 16.0. The first-order chi connectivity index (χ1) is 10.3. The van der Waals surface area contributed by atoms with Crippen LogP contribution in [0.5, 0.6) is 5.75 Å². The van der Waals surface area contributed by atoms with E-state index in [2.05, 4.69) is 35.3 Å². The van der Waals surface area contributed by atoms with Gasteiger partial charge in [0.1, 0.15) is 0 Å². The Balaban J connectivity index is 1.59. The lowest BCUT2D eigenvalue weighted by atomic mass is 9.97. The van der Waals surface area contributed by atoms with Gasteiger partial charge in [0.25, 0.3) is 0 Å². The number of fused-ring (bicyclic) bond motifs is 1. The minimum Gasteiger partial charge on any atom is -0.489 e. The van der Waals surface area contributed by atoms with Crippen molar-refractivity contribution in [2.45, 2.75) is 25.2 Å². The van der Waals surface area contributed by atoms with Crippen LogP contribution in [0, 0.1) is 6.92 Å². The van der Waals surface area contributed by atoms with Crippen molar-refractivity contribution in [1.82, 2.24) is 9.38 Å². The molecule has 0 spiro atoms. The van der Waals surface area contributed by atoms with E-state index in [-0.39, 0.29) is 5.41 Å². The molecule has 1 saturated carbocycles. The molecule has 2 heterocycles. The van der Waals surface area contributed by atoms with Crippen molar-refractivity contribution in [2.24, 2.45) is 0 Å². The zero-order valence-corrected chi connectivity index (χ0v) is 12.1. The molecule has 0 radical (unpaired) electrons. The third-order valence-electron chi connectivity index (χ3n) is 4.31. The van der Waals surface area contributed by atoms with Crippen LogP contribution in [0.3, 0.4) is 0 Å². The number of imidazole rings is 1. The molecule has 0 saturated heterocycles. The number of hydrogen-bond donors (Lipinski definition) is 0. The van der Waals surface area contributed by atoms with E-state index in [9.17, 15) is 0 Å². The van der Waals surface area contributed by atoms with Gasteiger partial charge in [-0.25, -0.2) is 4.98 Å². The van der Waals surface area contributed by atoms with Crippen LogP contribution in [0.15, 0.2) is 54.9 Å². The van der Waals surface area contributed by atoms with Gasteiger partial charge in [0.2, 0.25) is 0 Å². The molecule has 0 N–H and O–H groups in total. The molecule has 1 aromatic carbocycles. The van der Waals surface area contributed by atoms with Crippen molar-refractivity contribution in [3.8, 4) is 5.75 Å². The second-order valence-electron chi connectivity index (χ2n) is 5.92. The first kappa shape index (κ1) is 12.5. The number of pyridine rings is 1. The quantitative estimate of drug-likeness (QED) is 0.726. The van der Waals surface area contributed by atoms with E-state index >= 15 is 0 Å². The van der Waals surface area contributed by atoms with E-state index in [4.69, 9.17) is 4.74 Å². The maximum absolute atomic E-state index is 6.13. The minimum atomic E-state index is 0.204. The predicted molar refractivity (Wildman–Crippen MR) is 82.8 cm³/mol. The molecular formula is C18H18N2O. The van der Waals surface area contributed by atoms with Gasteiger partial charge in [-0.2, -0.15) is 0 Å². The van der Waals surface area contributed by atoms with Crippen LogP contribution in [0.1, 0.15) is 24.1 Å². The number of rotatable bonds is 4. The van der Waals surface area contributed by atoms with E-state index in [0.717, 1.165) is 23.7 Å². The highest BCUT2D eigenvalue weighted by Crippen LogP contribution is 2.48. The smallest absolute Gasteiger partial charge is 0.179 e. The number of benzene rings is 1. The lowest BCUT2D eigenvalue weighted by Crippen LogP contribution is -2.17. The maximum Gasteiger partial charge on any atom is 0.179 e. The van der Waals surface area contributed by atoms with E-state index in [0.29, 0.717) is 0 Å². The van der Waals surface area contributed by atoms with Crippen LogP contribution in [0.25, 0.3) is 5.65 Å². The Labute approximate surface area is 124 Å². The van der Waals surface area contributed by atoms with Crippen LogP contribution in [0.2, 0.25) is 0 Å². The molecule has 3 aromatic rings. The van der Waals surface area contributed by atoms with Crippen molar-refractivity contribution >= 4 is 5.65 Å². The van der Waals surface area contributed by atoms with Gasteiger partial charge < -0.3 is 9.14 Å². The zero-order chi connectivity index (χ0) is 14.3. The number of nitrogens with zero attached hydrogens (tertiary/aromatic N) is 2. The van der Waals surface area contributed by atoms with Crippen LogP contribution < -0.4 is 4.74 Å². The van der Waals surface area contributed by atoms with Crippen LogP contribution in [-0.4, -0.2) is 16.0 Å². The highest BCUT2D eigenvalue weighted by atomic mass is 16.5. The van der Waals surface area contributed by atoms with E-state index < -0.39 is 0 Å². The monoisotopic (exact) mass is 278 g/mol. The molecule has 0 amide bonds. The summed E-state index contributed by atoms with van der Waals surface area (Å²) in [6.45, 7) is 2.73. The Morgan fingerprint density at radius 3 is 2.71 bits per heavy atom. The SMILES string of the molecule is Cc1cn2cccc(OCC3(c4ccccc4)CC3)c2n1. The third-order valence-corrected chi connectivity index (χ3v) is 4.31. The van der Waals surface area contributed by atoms with Gasteiger partial charge in [-0.15, -0.1) is 0 Å². The van der Waals surface area contributed by atoms with Gasteiger partial charge in [-0.3, -0.25) is 0 Å². The predicted octanol–water partition coefficient (Wildman–Crippen LogP) is 3.75. The summed E-state index contributed by atoms with van der Waals surface area (Å²) in [5, 5.41) is 0. The number of aromatic nitrogens is 2. The molecule has 3 nitrogen and oxygen atoms in total. The summed E-state index contributed by atoms with van der Waals surface area (Å²) in [5.74, 6) is 0.868. The third kappa shape index (κ3) is 2.19. The summed E-state index contributed by atoms with van der Waals surface area (Å²) in [7, 11) is 0.